The molecule has 22 heavy (non-hydrogen) atoms. The summed E-state index contributed by atoms with van der Waals surface area (Å²) in [6.07, 6.45) is 1.92. The molecule has 1 aliphatic heterocycles. The van der Waals surface area contributed by atoms with Crippen molar-refractivity contribution in [1.29, 1.82) is 0 Å². The van der Waals surface area contributed by atoms with Crippen LogP contribution in [0.2, 0.25) is 0 Å². The second-order valence-electron chi connectivity index (χ2n) is 6.38. The van der Waals surface area contributed by atoms with Crippen LogP contribution in [0.5, 0.6) is 0 Å². The van der Waals surface area contributed by atoms with E-state index in [9.17, 15) is 9.90 Å². The zero-order valence-corrected chi connectivity index (χ0v) is 14.4. The number of nitrogens with zero attached hydrogens (tertiary/aromatic N) is 1. The molecule has 0 bridgehead atoms. The SMILES string of the molecule is CSC1=NC(c2ccc(C(C)(C)C)cc2)C(C(=O)O)=C(C)N1. The summed E-state index contributed by atoms with van der Waals surface area (Å²) in [7, 11) is 0. The smallest absolute Gasteiger partial charge is 0.335 e. The van der Waals surface area contributed by atoms with Crippen molar-refractivity contribution in [3.63, 3.8) is 0 Å². The average molecular weight is 318 g/mol. The third-order valence-electron chi connectivity index (χ3n) is 3.73. The molecule has 0 aromatic heterocycles. The molecular formula is C17H22N2O2S. The Bertz CT molecular complexity index is 640. The number of hydrogen-bond acceptors (Lipinski definition) is 4. The summed E-state index contributed by atoms with van der Waals surface area (Å²) in [6.45, 7) is 8.25. The molecule has 0 saturated heterocycles. The molecule has 4 nitrogen and oxygen atoms in total. The summed E-state index contributed by atoms with van der Waals surface area (Å²) in [5.74, 6) is -0.932. The predicted molar refractivity (Wildman–Crippen MR) is 92.3 cm³/mol. The van der Waals surface area contributed by atoms with Crippen LogP contribution in [-0.4, -0.2) is 22.5 Å². The highest BCUT2D eigenvalue weighted by Crippen LogP contribution is 2.33. The number of carboxylic acid groups (broad SMARTS) is 1. The number of carboxylic acids is 1. The Hall–Kier alpha value is -1.75. The monoisotopic (exact) mass is 318 g/mol. The van der Waals surface area contributed by atoms with Gasteiger partial charge in [-0.1, -0.05) is 56.8 Å². The molecule has 0 amide bonds. The van der Waals surface area contributed by atoms with E-state index in [4.69, 9.17) is 0 Å². The summed E-state index contributed by atoms with van der Waals surface area (Å²) in [5.41, 5.74) is 3.15. The van der Waals surface area contributed by atoms with E-state index in [1.54, 1.807) is 6.92 Å². The first-order valence-electron chi connectivity index (χ1n) is 7.17. The molecule has 0 aliphatic carbocycles. The molecule has 1 atom stereocenters. The van der Waals surface area contributed by atoms with Gasteiger partial charge in [0.25, 0.3) is 0 Å². The van der Waals surface area contributed by atoms with Crippen molar-refractivity contribution < 1.29 is 9.90 Å². The Kier molecular flexibility index (Phi) is 4.66. The third-order valence-corrected chi connectivity index (χ3v) is 4.33. The van der Waals surface area contributed by atoms with E-state index in [-0.39, 0.29) is 5.41 Å². The molecule has 1 aromatic rings. The lowest BCUT2D eigenvalue weighted by Gasteiger charge is -2.25. The van der Waals surface area contributed by atoms with E-state index in [1.165, 1.54) is 17.3 Å². The molecule has 2 rings (SSSR count). The van der Waals surface area contributed by atoms with Crippen LogP contribution in [0.25, 0.3) is 0 Å². The number of thioether (sulfide) groups is 1. The summed E-state index contributed by atoms with van der Waals surface area (Å²) in [4.78, 5) is 16.1. The third kappa shape index (κ3) is 3.35. The molecule has 118 valence electrons. The molecule has 2 N–H and O–H groups in total. The van der Waals surface area contributed by atoms with E-state index in [2.05, 4.69) is 43.2 Å². The van der Waals surface area contributed by atoms with Gasteiger partial charge in [0.15, 0.2) is 5.17 Å². The second-order valence-corrected chi connectivity index (χ2v) is 7.18. The Morgan fingerprint density at radius 3 is 2.32 bits per heavy atom. The highest BCUT2D eigenvalue weighted by atomic mass is 32.2. The van der Waals surface area contributed by atoms with Crippen molar-refractivity contribution in [1.82, 2.24) is 5.32 Å². The van der Waals surface area contributed by atoms with Gasteiger partial charge >= 0.3 is 5.97 Å². The van der Waals surface area contributed by atoms with Crippen LogP contribution in [0.4, 0.5) is 0 Å². The molecule has 0 saturated carbocycles. The fourth-order valence-corrected chi connectivity index (χ4v) is 2.90. The van der Waals surface area contributed by atoms with Gasteiger partial charge in [0, 0.05) is 5.70 Å². The number of aliphatic imine (C=N–C) groups is 1. The van der Waals surface area contributed by atoms with Crippen molar-refractivity contribution in [3.05, 3.63) is 46.7 Å². The Morgan fingerprint density at radius 2 is 1.86 bits per heavy atom. The van der Waals surface area contributed by atoms with E-state index < -0.39 is 12.0 Å². The Morgan fingerprint density at radius 1 is 1.27 bits per heavy atom. The van der Waals surface area contributed by atoms with Crippen molar-refractivity contribution in [2.45, 2.75) is 39.2 Å². The van der Waals surface area contributed by atoms with Gasteiger partial charge in [0.05, 0.1) is 5.57 Å². The molecular weight excluding hydrogens is 296 g/mol. The van der Waals surface area contributed by atoms with Gasteiger partial charge in [-0.2, -0.15) is 0 Å². The number of nitrogens with one attached hydrogen (secondary N) is 1. The number of rotatable bonds is 2. The maximum atomic E-state index is 11.6. The zero-order valence-electron chi connectivity index (χ0n) is 13.6. The summed E-state index contributed by atoms with van der Waals surface area (Å²) in [6, 6.07) is 7.61. The summed E-state index contributed by atoms with van der Waals surface area (Å²) in [5, 5.41) is 13.3. The van der Waals surface area contributed by atoms with E-state index in [0.29, 0.717) is 11.3 Å². The van der Waals surface area contributed by atoms with Gasteiger partial charge < -0.3 is 10.4 Å². The van der Waals surface area contributed by atoms with E-state index >= 15 is 0 Å². The summed E-state index contributed by atoms with van der Waals surface area (Å²) >= 11 is 1.48. The van der Waals surface area contributed by atoms with Crippen molar-refractivity contribution >= 4 is 22.9 Å². The normalized spacial score (nSPS) is 18.8. The minimum atomic E-state index is -0.932. The number of allylic oxidation sites excluding steroid dienone is 1. The first kappa shape index (κ1) is 16.6. The van der Waals surface area contributed by atoms with Gasteiger partial charge in [-0.15, -0.1) is 0 Å². The van der Waals surface area contributed by atoms with Gasteiger partial charge in [-0.05, 0) is 29.7 Å². The zero-order chi connectivity index (χ0) is 16.5. The standard InChI is InChI=1S/C17H22N2O2S/c1-10-13(15(20)21)14(19-16(18-10)22-5)11-6-8-12(9-7-11)17(2,3)4/h6-9,14H,1-5H3,(H,18,19)(H,20,21). The minimum absolute atomic E-state index is 0.0712. The topological polar surface area (TPSA) is 61.7 Å². The largest absolute Gasteiger partial charge is 0.478 e. The van der Waals surface area contributed by atoms with Crippen LogP contribution in [-0.2, 0) is 10.2 Å². The number of carbonyl (C=O) groups is 1. The van der Waals surface area contributed by atoms with Gasteiger partial charge in [-0.25, -0.2) is 9.79 Å². The van der Waals surface area contributed by atoms with Gasteiger partial charge in [-0.3, -0.25) is 0 Å². The quantitative estimate of drug-likeness (QED) is 0.872. The number of hydrogen-bond donors (Lipinski definition) is 2. The lowest BCUT2D eigenvalue weighted by Crippen LogP contribution is -2.29. The summed E-state index contributed by atoms with van der Waals surface area (Å²) < 4.78 is 0. The van der Waals surface area contributed by atoms with Crippen LogP contribution in [0.1, 0.15) is 44.9 Å². The Balaban J connectivity index is 2.45. The first-order valence-corrected chi connectivity index (χ1v) is 8.40. The van der Waals surface area contributed by atoms with Gasteiger partial charge in [0.1, 0.15) is 6.04 Å². The molecule has 0 spiro atoms. The van der Waals surface area contributed by atoms with E-state index in [0.717, 1.165) is 10.7 Å². The van der Waals surface area contributed by atoms with Crippen LogP contribution in [0.15, 0.2) is 40.5 Å². The van der Waals surface area contributed by atoms with Crippen LogP contribution in [0.3, 0.4) is 0 Å². The molecule has 1 heterocycles. The first-order chi connectivity index (χ1) is 10.2. The highest BCUT2D eigenvalue weighted by molar-refractivity contribution is 8.13. The van der Waals surface area contributed by atoms with E-state index in [1.807, 2.05) is 18.4 Å². The maximum absolute atomic E-state index is 11.6. The Labute approximate surface area is 135 Å². The fraction of sp³-hybridized carbons (Fsp3) is 0.412. The van der Waals surface area contributed by atoms with Crippen LogP contribution < -0.4 is 5.32 Å². The number of benzene rings is 1. The molecule has 1 aromatic carbocycles. The average Bonchev–Trinajstić information content (AvgIpc) is 2.45. The predicted octanol–water partition coefficient (Wildman–Crippen LogP) is 3.71. The molecule has 1 aliphatic rings. The lowest BCUT2D eigenvalue weighted by atomic mass is 9.85. The van der Waals surface area contributed by atoms with Crippen molar-refractivity contribution in [3.8, 4) is 0 Å². The van der Waals surface area contributed by atoms with Crippen LogP contribution in [0, 0.1) is 0 Å². The lowest BCUT2D eigenvalue weighted by molar-refractivity contribution is -0.133. The second kappa shape index (κ2) is 6.16. The maximum Gasteiger partial charge on any atom is 0.335 e. The van der Waals surface area contributed by atoms with Crippen molar-refractivity contribution in [2.24, 2.45) is 4.99 Å². The molecule has 0 radical (unpaired) electrons. The minimum Gasteiger partial charge on any atom is -0.478 e. The molecule has 5 heteroatoms. The number of aliphatic carboxylic acids is 1. The van der Waals surface area contributed by atoms with Crippen molar-refractivity contribution in [2.75, 3.05) is 6.26 Å². The van der Waals surface area contributed by atoms with Gasteiger partial charge in [0.2, 0.25) is 0 Å². The van der Waals surface area contributed by atoms with Crippen LogP contribution >= 0.6 is 11.8 Å². The molecule has 1 unspecified atom stereocenters. The molecule has 0 fully saturated rings. The fourth-order valence-electron chi connectivity index (χ4n) is 2.43. The highest BCUT2D eigenvalue weighted by Gasteiger charge is 2.29. The number of amidine groups is 1.